The lowest BCUT2D eigenvalue weighted by Gasteiger charge is -2.08. The summed E-state index contributed by atoms with van der Waals surface area (Å²) in [6.07, 6.45) is 0. The summed E-state index contributed by atoms with van der Waals surface area (Å²) in [7, 11) is 0. The second-order valence-corrected chi connectivity index (χ2v) is 7.60. The summed E-state index contributed by atoms with van der Waals surface area (Å²) in [6.45, 7) is 0.716. The minimum Gasteiger partial charge on any atom is -0.379 e. The van der Waals surface area contributed by atoms with Gasteiger partial charge in [0.05, 0.1) is 11.6 Å². The van der Waals surface area contributed by atoms with Gasteiger partial charge in [-0.15, -0.1) is 11.3 Å². The Bertz CT molecular complexity index is 770. The van der Waals surface area contributed by atoms with Crippen LogP contribution in [0.15, 0.2) is 51.4 Å². The normalized spacial score (nSPS) is 10.9. The van der Waals surface area contributed by atoms with Crippen molar-refractivity contribution in [1.82, 2.24) is 0 Å². The van der Waals surface area contributed by atoms with E-state index in [9.17, 15) is 0 Å². The SMILES string of the molecule is Clc1c(CNc2cc(Br)ccc2Br)sc2ccccc12. The topological polar surface area (TPSA) is 12.0 Å². The maximum atomic E-state index is 6.44. The Morgan fingerprint density at radius 2 is 1.90 bits per heavy atom. The van der Waals surface area contributed by atoms with Crippen LogP contribution in [0.25, 0.3) is 10.1 Å². The van der Waals surface area contributed by atoms with Crippen LogP contribution in [0.3, 0.4) is 0 Å². The number of anilines is 1. The van der Waals surface area contributed by atoms with Gasteiger partial charge in [0.15, 0.2) is 0 Å². The molecule has 0 saturated heterocycles. The molecule has 1 nitrogen and oxygen atoms in total. The summed E-state index contributed by atoms with van der Waals surface area (Å²) in [5.74, 6) is 0. The Morgan fingerprint density at radius 3 is 2.70 bits per heavy atom. The minimum absolute atomic E-state index is 0.716. The summed E-state index contributed by atoms with van der Waals surface area (Å²) in [6, 6.07) is 14.3. The van der Waals surface area contributed by atoms with Gasteiger partial charge in [0, 0.05) is 29.6 Å². The van der Waals surface area contributed by atoms with E-state index in [4.69, 9.17) is 11.6 Å². The van der Waals surface area contributed by atoms with Crippen LogP contribution in [-0.2, 0) is 6.54 Å². The van der Waals surface area contributed by atoms with Crippen LogP contribution in [0.2, 0.25) is 5.02 Å². The van der Waals surface area contributed by atoms with Gasteiger partial charge in [-0.2, -0.15) is 0 Å². The van der Waals surface area contributed by atoms with Gasteiger partial charge < -0.3 is 5.32 Å². The molecule has 0 aliphatic heterocycles. The van der Waals surface area contributed by atoms with E-state index in [2.05, 4.69) is 49.3 Å². The van der Waals surface area contributed by atoms with Crippen molar-refractivity contribution in [2.45, 2.75) is 6.54 Å². The van der Waals surface area contributed by atoms with E-state index in [1.165, 1.54) is 4.70 Å². The fourth-order valence-corrected chi connectivity index (χ4v) is 4.17. The zero-order valence-electron chi connectivity index (χ0n) is 10.3. The zero-order valence-corrected chi connectivity index (χ0v) is 15.0. The lowest BCUT2D eigenvalue weighted by Crippen LogP contribution is -1.98. The van der Waals surface area contributed by atoms with Gasteiger partial charge in [-0.05, 0) is 40.2 Å². The Balaban J connectivity index is 1.87. The number of benzene rings is 2. The molecule has 102 valence electrons. The van der Waals surface area contributed by atoms with Crippen LogP contribution in [0, 0.1) is 0 Å². The van der Waals surface area contributed by atoms with Gasteiger partial charge in [-0.1, -0.05) is 45.7 Å². The van der Waals surface area contributed by atoms with Crippen LogP contribution >= 0.6 is 54.8 Å². The fourth-order valence-electron chi connectivity index (χ4n) is 1.99. The number of rotatable bonds is 3. The zero-order chi connectivity index (χ0) is 14.1. The first-order chi connectivity index (χ1) is 9.65. The Morgan fingerprint density at radius 1 is 1.10 bits per heavy atom. The highest BCUT2D eigenvalue weighted by Crippen LogP contribution is 2.36. The second-order valence-electron chi connectivity index (χ2n) is 4.31. The number of fused-ring (bicyclic) bond motifs is 1. The van der Waals surface area contributed by atoms with Gasteiger partial charge >= 0.3 is 0 Å². The predicted molar refractivity (Wildman–Crippen MR) is 96.0 cm³/mol. The summed E-state index contributed by atoms with van der Waals surface area (Å²) >= 11 is 15.2. The molecule has 1 N–H and O–H groups in total. The third-order valence-corrected chi connectivity index (χ3v) is 5.87. The molecule has 0 aliphatic carbocycles. The van der Waals surface area contributed by atoms with Crippen molar-refractivity contribution in [2.75, 3.05) is 5.32 Å². The number of nitrogens with one attached hydrogen (secondary N) is 1. The number of hydrogen-bond acceptors (Lipinski definition) is 2. The molecule has 1 aromatic heterocycles. The molecule has 5 heteroatoms. The third-order valence-electron chi connectivity index (χ3n) is 2.97. The van der Waals surface area contributed by atoms with E-state index in [-0.39, 0.29) is 0 Å². The van der Waals surface area contributed by atoms with Crippen LogP contribution in [0.4, 0.5) is 5.69 Å². The number of thiophene rings is 1. The third kappa shape index (κ3) is 2.89. The minimum atomic E-state index is 0.716. The number of halogens is 3. The first-order valence-electron chi connectivity index (χ1n) is 6.00. The van der Waals surface area contributed by atoms with Crippen molar-refractivity contribution < 1.29 is 0 Å². The van der Waals surface area contributed by atoms with Crippen LogP contribution in [-0.4, -0.2) is 0 Å². The largest absolute Gasteiger partial charge is 0.379 e. The molecule has 0 spiro atoms. The molecule has 0 aliphatic rings. The van der Waals surface area contributed by atoms with Crippen molar-refractivity contribution in [3.8, 4) is 0 Å². The molecule has 3 aromatic rings. The highest BCUT2D eigenvalue weighted by molar-refractivity contribution is 9.11. The number of hydrogen-bond donors (Lipinski definition) is 1. The van der Waals surface area contributed by atoms with Crippen molar-refractivity contribution in [1.29, 1.82) is 0 Å². The lowest BCUT2D eigenvalue weighted by molar-refractivity contribution is 1.19. The second kappa shape index (κ2) is 6.06. The standard InChI is InChI=1S/C15H10Br2ClNS/c16-9-5-6-11(17)12(7-9)19-8-14-15(18)10-3-1-2-4-13(10)20-14/h1-7,19H,8H2. The molecule has 0 amide bonds. The Hall–Kier alpha value is -0.550. The van der Waals surface area contributed by atoms with E-state index in [1.807, 2.05) is 30.3 Å². The molecule has 0 bridgehead atoms. The highest BCUT2D eigenvalue weighted by atomic mass is 79.9. The van der Waals surface area contributed by atoms with Crippen LogP contribution in [0.5, 0.6) is 0 Å². The molecule has 0 saturated carbocycles. The van der Waals surface area contributed by atoms with Crippen LogP contribution in [0.1, 0.15) is 4.88 Å². The summed E-state index contributed by atoms with van der Waals surface area (Å²) in [5, 5.41) is 5.40. The van der Waals surface area contributed by atoms with Gasteiger partial charge in [-0.25, -0.2) is 0 Å². The van der Waals surface area contributed by atoms with E-state index < -0.39 is 0 Å². The van der Waals surface area contributed by atoms with E-state index in [0.29, 0.717) is 6.54 Å². The van der Waals surface area contributed by atoms with E-state index in [1.54, 1.807) is 11.3 Å². The van der Waals surface area contributed by atoms with Gasteiger partial charge in [0.2, 0.25) is 0 Å². The molecule has 2 aromatic carbocycles. The Labute approximate surface area is 143 Å². The molecular weight excluding hydrogens is 422 g/mol. The molecule has 20 heavy (non-hydrogen) atoms. The van der Waals surface area contributed by atoms with Crippen molar-refractivity contribution >= 4 is 70.6 Å². The van der Waals surface area contributed by atoms with Crippen LogP contribution < -0.4 is 5.32 Å². The van der Waals surface area contributed by atoms with Crippen molar-refractivity contribution in [2.24, 2.45) is 0 Å². The van der Waals surface area contributed by atoms with E-state index >= 15 is 0 Å². The monoisotopic (exact) mass is 429 g/mol. The molecule has 0 unspecified atom stereocenters. The average molecular weight is 432 g/mol. The maximum Gasteiger partial charge on any atom is 0.0642 e. The summed E-state index contributed by atoms with van der Waals surface area (Å²) in [4.78, 5) is 1.15. The molecule has 0 radical (unpaired) electrons. The first-order valence-corrected chi connectivity index (χ1v) is 8.78. The highest BCUT2D eigenvalue weighted by Gasteiger charge is 2.10. The molecule has 1 heterocycles. The first kappa shape index (κ1) is 14.4. The fraction of sp³-hybridized carbons (Fsp3) is 0.0667. The molecule has 0 fully saturated rings. The van der Waals surface area contributed by atoms with Crippen molar-refractivity contribution in [3.63, 3.8) is 0 Å². The maximum absolute atomic E-state index is 6.44. The molecule has 0 atom stereocenters. The lowest BCUT2D eigenvalue weighted by atomic mass is 10.2. The molecular formula is C15H10Br2ClNS. The predicted octanol–water partition coefficient (Wildman–Crippen LogP) is 6.69. The van der Waals surface area contributed by atoms with Gasteiger partial charge in [-0.3, -0.25) is 0 Å². The van der Waals surface area contributed by atoms with Gasteiger partial charge in [0.1, 0.15) is 0 Å². The summed E-state index contributed by atoms with van der Waals surface area (Å²) < 4.78 is 3.31. The van der Waals surface area contributed by atoms with Crippen molar-refractivity contribution in [3.05, 3.63) is 61.3 Å². The van der Waals surface area contributed by atoms with E-state index in [0.717, 1.165) is 29.9 Å². The van der Waals surface area contributed by atoms with Gasteiger partial charge in [0.25, 0.3) is 0 Å². The smallest absolute Gasteiger partial charge is 0.0642 e. The molecule has 3 rings (SSSR count). The average Bonchev–Trinajstić information content (AvgIpc) is 2.77. The quantitative estimate of drug-likeness (QED) is 0.487. The Kier molecular flexibility index (Phi) is 4.36. The summed E-state index contributed by atoms with van der Waals surface area (Å²) in [5.41, 5.74) is 1.05.